The van der Waals surface area contributed by atoms with Crippen LogP contribution >= 0.6 is 0 Å². The highest BCUT2D eigenvalue weighted by atomic mass is 16.5. The fourth-order valence-electron chi connectivity index (χ4n) is 4.67. The number of carboxylic acids is 1. The zero-order valence-electron chi connectivity index (χ0n) is 16.7. The van der Waals surface area contributed by atoms with Crippen molar-refractivity contribution < 1.29 is 28.9 Å². The topological polar surface area (TPSA) is 85.3 Å². The summed E-state index contributed by atoms with van der Waals surface area (Å²) >= 11 is 0. The SMILES string of the molecule is CC(Oc1ccc2c(c1)OCC21CN(C(=O)[C@H]2CCCO2)c2ccccc21)C(=O)O. The number of fused-ring (bicyclic) bond motifs is 4. The number of nitrogens with zero attached hydrogens (tertiary/aromatic N) is 1. The van der Waals surface area contributed by atoms with Gasteiger partial charge in [-0.25, -0.2) is 4.79 Å². The van der Waals surface area contributed by atoms with Gasteiger partial charge in [-0.15, -0.1) is 0 Å². The van der Waals surface area contributed by atoms with Gasteiger partial charge in [0.05, 0.1) is 5.41 Å². The highest BCUT2D eigenvalue weighted by Gasteiger charge is 2.52. The number of hydrogen-bond donors (Lipinski definition) is 1. The Morgan fingerprint density at radius 2 is 2.07 bits per heavy atom. The molecule has 1 N–H and O–H groups in total. The Labute approximate surface area is 174 Å². The van der Waals surface area contributed by atoms with Crippen LogP contribution in [-0.4, -0.2) is 48.9 Å². The number of aliphatic carboxylic acids is 1. The Morgan fingerprint density at radius 3 is 2.83 bits per heavy atom. The average Bonchev–Trinajstić information content (AvgIpc) is 3.47. The van der Waals surface area contributed by atoms with Crippen LogP contribution in [0, 0.1) is 0 Å². The van der Waals surface area contributed by atoms with E-state index < -0.39 is 17.5 Å². The molecule has 2 aromatic carbocycles. The Bertz CT molecular complexity index is 1010. The molecule has 2 aromatic rings. The lowest BCUT2D eigenvalue weighted by Gasteiger charge is -2.25. The summed E-state index contributed by atoms with van der Waals surface area (Å²) in [5.41, 5.74) is 2.47. The second kappa shape index (κ2) is 7.02. The quantitative estimate of drug-likeness (QED) is 0.836. The van der Waals surface area contributed by atoms with Crippen molar-refractivity contribution in [1.82, 2.24) is 0 Å². The number of benzene rings is 2. The van der Waals surface area contributed by atoms with E-state index in [1.807, 2.05) is 35.2 Å². The maximum absolute atomic E-state index is 13.2. The van der Waals surface area contributed by atoms with Gasteiger partial charge in [0.15, 0.2) is 6.10 Å². The van der Waals surface area contributed by atoms with Crippen molar-refractivity contribution in [2.24, 2.45) is 0 Å². The van der Waals surface area contributed by atoms with E-state index in [0.717, 1.165) is 29.7 Å². The summed E-state index contributed by atoms with van der Waals surface area (Å²) in [6, 6.07) is 13.4. The monoisotopic (exact) mass is 409 g/mol. The number of amides is 1. The molecule has 0 radical (unpaired) electrons. The van der Waals surface area contributed by atoms with Gasteiger partial charge in [-0.3, -0.25) is 4.79 Å². The normalized spacial score (nSPS) is 25.0. The summed E-state index contributed by atoms with van der Waals surface area (Å²) in [6.07, 6.45) is 0.314. The number of carbonyl (C=O) groups is 2. The maximum Gasteiger partial charge on any atom is 0.344 e. The summed E-state index contributed by atoms with van der Waals surface area (Å²) in [7, 11) is 0. The van der Waals surface area contributed by atoms with Crippen LogP contribution in [0.25, 0.3) is 0 Å². The molecule has 30 heavy (non-hydrogen) atoms. The van der Waals surface area contributed by atoms with E-state index in [1.165, 1.54) is 6.92 Å². The van der Waals surface area contributed by atoms with Crippen molar-refractivity contribution in [1.29, 1.82) is 0 Å². The Balaban J connectivity index is 1.50. The third kappa shape index (κ3) is 2.84. The number of carboxylic acid groups (broad SMARTS) is 1. The molecule has 1 spiro atoms. The zero-order chi connectivity index (χ0) is 20.9. The molecule has 2 unspecified atom stereocenters. The maximum atomic E-state index is 13.2. The molecule has 3 aliphatic heterocycles. The van der Waals surface area contributed by atoms with Gasteiger partial charge in [0.2, 0.25) is 0 Å². The van der Waals surface area contributed by atoms with Crippen LogP contribution < -0.4 is 14.4 Å². The summed E-state index contributed by atoms with van der Waals surface area (Å²) in [5, 5.41) is 9.08. The van der Waals surface area contributed by atoms with Crippen LogP contribution in [0.2, 0.25) is 0 Å². The van der Waals surface area contributed by atoms with Crippen molar-refractivity contribution in [3.63, 3.8) is 0 Å². The van der Waals surface area contributed by atoms with Crippen LogP contribution in [0.15, 0.2) is 42.5 Å². The summed E-state index contributed by atoms with van der Waals surface area (Å²) in [5.74, 6) is 0.0759. The number of carbonyl (C=O) groups excluding carboxylic acids is 1. The van der Waals surface area contributed by atoms with Crippen molar-refractivity contribution >= 4 is 17.6 Å². The number of para-hydroxylation sites is 1. The van der Waals surface area contributed by atoms with Gasteiger partial charge in [0.1, 0.15) is 24.2 Å². The molecule has 1 amide bonds. The number of hydrogen-bond acceptors (Lipinski definition) is 5. The van der Waals surface area contributed by atoms with Crippen molar-refractivity contribution in [3.8, 4) is 11.5 Å². The smallest absolute Gasteiger partial charge is 0.344 e. The molecule has 3 heterocycles. The third-order valence-corrected chi connectivity index (χ3v) is 6.21. The minimum absolute atomic E-state index is 0.000474. The van der Waals surface area contributed by atoms with E-state index in [4.69, 9.17) is 19.3 Å². The van der Waals surface area contributed by atoms with Crippen LogP contribution in [0.5, 0.6) is 11.5 Å². The van der Waals surface area contributed by atoms with Crippen LogP contribution in [-0.2, 0) is 19.7 Å². The Morgan fingerprint density at radius 1 is 1.23 bits per heavy atom. The third-order valence-electron chi connectivity index (χ3n) is 6.21. The van der Waals surface area contributed by atoms with Crippen LogP contribution in [0.1, 0.15) is 30.9 Å². The summed E-state index contributed by atoms with van der Waals surface area (Å²) in [4.78, 5) is 26.1. The second-order valence-corrected chi connectivity index (χ2v) is 8.07. The number of rotatable bonds is 4. The van der Waals surface area contributed by atoms with Gasteiger partial charge in [0.25, 0.3) is 5.91 Å². The van der Waals surface area contributed by atoms with Crippen molar-refractivity contribution in [2.45, 2.75) is 37.4 Å². The molecule has 1 fully saturated rings. The lowest BCUT2D eigenvalue weighted by atomic mass is 9.78. The molecule has 7 heteroatoms. The van der Waals surface area contributed by atoms with E-state index in [0.29, 0.717) is 31.3 Å². The second-order valence-electron chi connectivity index (χ2n) is 8.07. The molecule has 1 saturated heterocycles. The average molecular weight is 409 g/mol. The van der Waals surface area contributed by atoms with Gasteiger partial charge in [-0.05, 0) is 37.5 Å². The molecule has 0 saturated carbocycles. The minimum Gasteiger partial charge on any atom is -0.492 e. The van der Waals surface area contributed by atoms with E-state index in [-0.39, 0.29) is 12.0 Å². The molecule has 7 nitrogen and oxygen atoms in total. The standard InChI is InChI=1S/C23H23NO6/c1-14(22(26)27)30-15-8-9-17-20(11-15)29-13-23(17)12-24(18-6-3-2-5-16(18)23)21(25)19-7-4-10-28-19/h2-3,5-6,8-9,11,14,19H,4,7,10,12-13H2,1H3,(H,26,27)/t14?,19-,23?/m1/s1. The van der Waals surface area contributed by atoms with Gasteiger partial charge in [-0.2, -0.15) is 0 Å². The summed E-state index contributed by atoms with van der Waals surface area (Å²) in [6.45, 7) is 3.01. The molecule has 156 valence electrons. The van der Waals surface area contributed by atoms with E-state index in [1.54, 1.807) is 12.1 Å². The first-order valence-electron chi connectivity index (χ1n) is 10.2. The van der Waals surface area contributed by atoms with Crippen molar-refractivity contribution in [2.75, 3.05) is 24.7 Å². The molecular weight excluding hydrogens is 386 g/mol. The Hall–Kier alpha value is -3.06. The first-order chi connectivity index (χ1) is 14.5. The number of anilines is 1. The highest BCUT2D eigenvalue weighted by Crippen LogP contribution is 2.52. The lowest BCUT2D eigenvalue weighted by Crippen LogP contribution is -2.43. The lowest BCUT2D eigenvalue weighted by molar-refractivity contribution is -0.144. The van der Waals surface area contributed by atoms with Crippen LogP contribution in [0.3, 0.4) is 0 Å². The largest absolute Gasteiger partial charge is 0.492 e. The first kappa shape index (κ1) is 18.9. The molecule has 5 rings (SSSR count). The molecule has 3 aliphatic rings. The predicted octanol–water partition coefficient (Wildman–Crippen LogP) is 2.74. The molecular formula is C23H23NO6. The molecule has 0 aromatic heterocycles. The minimum atomic E-state index is -1.03. The highest BCUT2D eigenvalue weighted by molar-refractivity contribution is 6.00. The summed E-state index contributed by atoms with van der Waals surface area (Å²) < 4.78 is 17.2. The fourth-order valence-corrected chi connectivity index (χ4v) is 4.67. The zero-order valence-corrected chi connectivity index (χ0v) is 16.7. The molecule has 3 atom stereocenters. The van der Waals surface area contributed by atoms with Gasteiger partial charge in [-0.1, -0.05) is 24.3 Å². The van der Waals surface area contributed by atoms with E-state index in [9.17, 15) is 9.59 Å². The van der Waals surface area contributed by atoms with Gasteiger partial charge in [0, 0.05) is 30.5 Å². The fraction of sp³-hybridized carbons (Fsp3) is 0.391. The Kier molecular flexibility index (Phi) is 4.43. The van der Waals surface area contributed by atoms with E-state index in [2.05, 4.69) is 0 Å². The van der Waals surface area contributed by atoms with Gasteiger partial charge < -0.3 is 24.2 Å². The first-order valence-corrected chi connectivity index (χ1v) is 10.2. The molecule has 0 aliphatic carbocycles. The van der Waals surface area contributed by atoms with E-state index >= 15 is 0 Å². The van der Waals surface area contributed by atoms with Gasteiger partial charge >= 0.3 is 5.97 Å². The van der Waals surface area contributed by atoms with Crippen LogP contribution in [0.4, 0.5) is 5.69 Å². The van der Waals surface area contributed by atoms with Crippen molar-refractivity contribution in [3.05, 3.63) is 53.6 Å². The number of ether oxygens (including phenoxy) is 3. The predicted molar refractivity (Wildman–Crippen MR) is 108 cm³/mol. The molecule has 0 bridgehead atoms.